The summed E-state index contributed by atoms with van der Waals surface area (Å²) in [5.41, 5.74) is 0.697. The first-order valence-electron chi connectivity index (χ1n) is 4.20. The molecule has 0 spiro atoms. The SMILES string of the molecule is Cn1cc(NC(=O)c2sccc2Br)cn1. The maximum atomic E-state index is 11.7. The summed E-state index contributed by atoms with van der Waals surface area (Å²) in [5, 5.41) is 8.59. The molecule has 78 valence electrons. The molecule has 0 aliphatic rings. The van der Waals surface area contributed by atoms with E-state index in [-0.39, 0.29) is 5.91 Å². The first kappa shape index (κ1) is 10.4. The molecule has 0 radical (unpaired) electrons. The molecule has 1 N–H and O–H groups in total. The second-order valence-corrected chi connectivity index (χ2v) is 4.72. The van der Waals surface area contributed by atoms with Crippen molar-refractivity contribution in [1.82, 2.24) is 9.78 Å². The summed E-state index contributed by atoms with van der Waals surface area (Å²) in [6.07, 6.45) is 3.36. The van der Waals surface area contributed by atoms with Crippen LogP contribution < -0.4 is 5.32 Å². The Morgan fingerprint density at radius 1 is 1.67 bits per heavy atom. The average Bonchev–Trinajstić information content (AvgIpc) is 2.75. The molecule has 4 nitrogen and oxygen atoms in total. The molecule has 0 fully saturated rings. The van der Waals surface area contributed by atoms with Gasteiger partial charge in [0.1, 0.15) is 4.88 Å². The van der Waals surface area contributed by atoms with Gasteiger partial charge in [0.05, 0.1) is 11.9 Å². The highest BCUT2D eigenvalue weighted by molar-refractivity contribution is 9.10. The summed E-state index contributed by atoms with van der Waals surface area (Å²) >= 11 is 4.71. The van der Waals surface area contributed by atoms with Crippen LogP contribution in [0.5, 0.6) is 0 Å². The van der Waals surface area contributed by atoms with Gasteiger partial charge in [-0.3, -0.25) is 9.48 Å². The van der Waals surface area contributed by atoms with Crippen LogP contribution in [0.25, 0.3) is 0 Å². The first-order chi connectivity index (χ1) is 7.16. The molecule has 0 atom stereocenters. The zero-order chi connectivity index (χ0) is 10.8. The molecule has 0 bridgehead atoms. The van der Waals surface area contributed by atoms with Crippen molar-refractivity contribution in [2.75, 3.05) is 5.32 Å². The molecule has 0 saturated heterocycles. The zero-order valence-corrected chi connectivity index (χ0v) is 10.3. The predicted molar refractivity (Wildman–Crippen MR) is 63.2 cm³/mol. The summed E-state index contributed by atoms with van der Waals surface area (Å²) in [6.45, 7) is 0. The Bertz CT molecular complexity index is 491. The molecule has 0 saturated carbocycles. The van der Waals surface area contributed by atoms with Crippen molar-refractivity contribution in [1.29, 1.82) is 0 Å². The summed E-state index contributed by atoms with van der Waals surface area (Å²) < 4.78 is 2.45. The Morgan fingerprint density at radius 2 is 2.47 bits per heavy atom. The van der Waals surface area contributed by atoms with E-state index in [1.807, 2.05) is 11.4 Å². The normalized spacial score (nSPS) is 10.3. The van der Waals surface area contributed by atoms with Gasteiger partial charge in [0.15, 0.2) is 0 Å². The molecule has 2 heterocycles. The number of carbonyl (C=O) groups is 1. The van der Waals surface area contributed by atoms with Crippen molar-refractivity contribution >= 4 is 38.9 Å². The van der Waals surface area contributed by atoms with E-state index in [1.54, 1.807) is 24.1 Å². The van der Waals surface area contributed by atoms with E-state index < -0.39 is 0 Å². The first-order valence-corrected chi connectivity index (χ1v) is 5.87. The van der Waals surface area contributed by atoms with Crippen LogP contribution in [0.15, 0.2) is 28.3 Å². The summed E-state index contributed by atoms with van der Waals surface area (Å²) in [7, 11) is 1.80. The van der Waals surface area contributed by atoms with Crippen LogP contribution in [-0.2, 0) is 7.05 Å². The average molecular weight is 286 g/mol. The molecule has 2 rings (SSSR count). The van der Waals surface area contributed by atoms with Crippen LogP contribution >= 0.6 is 27.3 Å². The summed E-state index contributed by atoms with van der Waals surface area (Å²) in [4.78, 5) is 12.4. The maximum absolute atomic E-state index is 11.7. The molecule has 6 heteroatoms. The topological polar surface area (TPSA) is 46.9 Å². The van der Waals surface area contributed by atoms with E-state index in [0.717, 1.165) is 4.47 Å². The number of amides is 1. The third-order valence-corrected chi connectivity index (χ3v) is 3.62. The van der Waals surface area contributed by atoms with Crippen LogP contribution in [0.4, 0.5) is 5.69 Å². The van der Waals surface area contributed by atoms with Crippen LogP contribution in [0, 0.1) is 0 Å². The standard InChI is InChI=1S/C9H8BrN3OS/c1-13-5-6(4-11-13)12-9(14)8-7(10)2-3-15-8/h2-5H,1H3,(H,12,14). The van der Waals surface area contributed by atoms with Gasteiger partial charge in [-0.25, -0.2) is 0 Å². The second-order valence-electron chi connectivity index (χ2n) is 2.95. The zero-order valence-electron chi connectivity index (χ0n) is 7.90. The van der Waals surface area contributed by atoms with Gasteiger partial charge in [-0.1, -0.05) is 0 Å². The molecule has 15 heavy (non-hydrogen) atoms. The number of aromatic nitrogens is 2. The van der Waals surface area contributed by atoms with Crippen molar-refractivity contribution < 1.29 is 4.79 Å². The Hall–Kier alpha value is -1.14. The van der Waals surface area contributed by atoms with Crippen molar-refractivity contribution in [3.63, 3.8) is 0 Å². The molecule has 0 aliphatic heterocycles. The highest BCUT2D eigenvalue weighted by atomic mass is 79.9. The minimum atomic E-state index is -0.120. The molecule has 1 amide bonds. The lowest BCUT2D eigenvalue weighted by molar-refractivity contribution is 0.103. The monoisotopic (exact) mass is 285 g/mol. The lowest BCUT2D eigenvalue weighted by Gasteiger charge is -1.99. The fraction of sp³-hybridized carbons (Fsp3) is 0.111. The van der Waals surface area contributed by atoms with Gasteiger partial charge in [0.2, 0.25) is 0 Å². The Balaban J connectivity index is 2.14. The van der Waals surface area contributed by atoms with E-state index in [4.69, 9.17) is 0 Å². The number of nitrogens with one attached hydrogen (secondary N) is 1. The minimum Gasteiger partial charge on any atom is -0.319 e. The molecule has 0 aromatic carbocycles. The van der Waals surface area contributed by atoms with E-state index in [9.17, 15) is 4.79 Å². The minimum absolute atomic E-state index is 0.120. The molecule has 2 aromatic rings. The van der Waals surface area contributed by atoms with Gasteiger partial charge in [-0.15, -0.1) is 11.3 Å². The molecule has 0 unspecified atom stereocenters. The number of halogens is 1. The second kappa shape index (κ2) is 4.16. The molecular formula is C9H8BrN3OS. The fourth-order valence-corrected chi connectivity index (χ4v) is 2.58. The lowest BCUT2D eigenvalue weighted by atomic mass is 10.4. The molecule has 2 aromatic heterocycles. The number of rotatable bonds is 2. The van der Waals surface area contributed by atoms with Gasteiger partial charge in [-0.05, 0) is 27.4 Å². The van der Waals surface area contributed by atoms with Gasteiger partial charge in [0, 0.05) is 17.7 Å². The van der Waals surface area contributed by atoms with Gasteiger partial charge in [-0.2, -0.15) is 5.10 Å². The summed E-state index contributed by atoms with van der Waals surface area (Å²) in [5.74, 6) is -0.120. The van der Waals surface area contributed by atoms with Crippen LogP contribution in [0.2, 0.25) is 0 Å². The Kier molecular flexibility index (Phi) is 2.88. The van der Waals surface area contributed by atoms with Crippen molar-refractivity contribution in [2.45, 2.75) is 0 Å². The Morgan fingerprint density at radius 3 is 3.00 bits per heavy atom. The number of nitrogens with zero attached hydrogens (tertiary/aromatic N) is 2. The number of carbonyl (C=O) groups excluding carboxylic acids is 1. The van der Waals surface area contributed by atoms with E-state index in [2.05, 4.69) is 26.3 Å². The largest absolute Gasteiger partial charge is 0.319 e. The van der Waals surface area contributed by atoms with Crippen molar-refractivity contribution in [3.8, 4) is 0 Å². The predicted octanol–water partition coefficient (Wildman–Crippen LogP) is 2.50. The van der Waals surface area contributed by atoms with Gasteiger partial charge in [0.25, 0.3) is 5.91 Å². The number of thiophene rings is 1. The highest BCUT2D eigenvalue weighted by Crippen LogP contribution is 2.23. The number of anilines is 1. The third-order valence-electron chi connectivity index (χ3n) is 1.79. The summed E-state index contributed by atoms with van der Waals surface area (Å²) in [6, 6.07) is 1.85. The molecular weight excluding hydrogens is 278 g/mol. The fourth-order valence-electron chi connectivity index (χ4n) is 1.13. The number of hydrogen-bond acceptors (Lipinski definition) is 3. The van der Waals surface area contributed by atoms with Crippen LogP contribution in [0.3, 0.4) is 0 Å². The smallest absolute Gasteiger partial charge is 0.266 e. The van der Waals surface area contributed by atoms with Gasteiger partial charge >= 0.3 is 0 Å². The van der Waals surface area contributed by atoms with Crippen LogP contribution in [0.1, 0.15) is 9.67 Å². The van der Waals surface area contributed by atoms with E-state index in [0.29, 0.717) is 10.6 Å². The van der Waals surface area contributed by atoms with Crippen molar-refractivity contribution in [3.05, 3.63) is 33.2 Å². The number of aryl methyl sites for hydroxylation is 1. The maximum Gasteiger partial charge on any atom is 0.266 e. The lowest BCUT2D eigenvalue weighted by Crippen LogP contribution is -2.10. The third kappa shape index (κ3) is 2.27. The van der Waals surface area contributed by atoms with Crippen LogP contribution in [-0.4, -0.2) is 15.7 Å². The number of hydrogen-bond donors (Lipinski definition) is 1. The van der Waals surface area contributed by atoms with Gasteiger partial charge < -0.3 is 5.32 Å². The van der Waals surface area contributed by atoms with E-state index >= 15 is 0 Å². The quantitative estimate of drug-likeness (QED) is 0.922. The van der Waals surface area contributed by atoms with E-state index in [1.165, 1.54) is 11.3 Å². The van der Waals surface area contributed by atoms with Crippen molar-refractivity contribution in [2.24, 2.45) is 7.05 Å². The molecule has 0 aliphatic carbocycles. The Labute approximate surface area is 99.0 Å². The highest BCUT2D eigenvalue weighted by Gasteiger charge is 2.11.